The summed E-state index contributed by atoms with van der Waals surface area (Å²) in [6.45, 7) is 2.84. The van der Waals surface area contributed by atoms with Crippen molar-refractivity contribution in [2.75, 3.05) is 6.54 Å². The van der Waals surface area contributed by atoms with Gasteiger partial charge in [-0.25, -0.2) is 0 Å². The lowest BCUT2D eigenvalue weighted by atomic mass is 9.95. The molecule has 0 atom stereocenters. The molecular formula is C15H17N. The Labute approximate surface area is 96.9 Å². The monoisotopic (exact) mass is 211 g/mol. The van der Waals surface area contributed by atoms with Gasteiger partial charge in [0.25, 0.3) is 0 Å². The Morgan fingerprint density at radius 2 is 1.50 bits per heavy atom. The first-order chi connectivity index (χ1) is 7.83. The zero-order chi connectivity index (χ0) is 11.4. The second kappa shape index (κ2) is 4.95. The number of rotatable bonds is 3. The summed E-state index contributed by atoms with van der Waals surface area (Å²) in [6.07, 6.45) is 0.935. The van der Waals surface area contributed by atoms with E-state index in [-0.39, 0.29) is 0 Å². The summed E-state index contributed by atoms with van der Waals surface area (Å²) in [7, 11) is 0. The molecule has 0 aromatic heterocycles. The van der Waals surface area contributed by atoms with Gasteiger partial charge in [-0.05, 0) is 42.1 Å². The standard InChI is InChI=1S/C15H17N/c1-12-6-2-4-8-14(12)15-9-5-3-7-13(15)10-11-16/h2-9H,10-11,16H2,1H3. The largest absolute Gasteiger partial charge is 0.330 e. The number of aryl methyl sites for hydroxylation is 1. The number of nitrogens with two attached hydrogens (primary N) is 1. The quantitative estimate of drug-likeness (QED) is 0.829. The zero-order valence-electron chi connectivity index (χ0n) is 9.61. The van der Waals surface area contributed by atoms with E-state index in [9.17, 15) is 0 Å². The first kappa shape index (κ1) is 10.9. The molecule has 16 heavy (non-hydrogen) atoms. The number of hydrogen-bond donors (Lipinski definition) is 1. The molecule has 1 nitrogen and oxygen atoms in total. The number of hydrogen-bond acceptors (Lipinski definition) is 1. The molecule has 0 saturated carbocycles. The molecule has 0 fully saturated rings. The van der Waals surface area contributed by atoms with Crippen LogP contribution in [0.15, 0.2) is 48.5 Å². The lowest BCUT2D eigenvalue weighted by Gasteiger charge is -2.11. The molecule has 1 heteroatoms. The lowest BCUT2D eigenvalue weighted by molar-refractivity contribution is 0.970. The molecule has 2 aromatic rings. The van der Waals surface area contributed by atoms with Crippen LogP contribution in [-0.2, 0) is 6.42 Å². The third-order valence-electron chi connectivity index (χ3n) is 2.87. The molecule has 2 N–H and O–H groups in total. The minimum absolute atomic E-state index is 0.697. The van der Waals surface area contributed by atoms with Crippen LogP contribution in [0.5, 0.6) is 0 Å². The summed E-state index contributed by atoms with van der Waals surface area (Å²) in [5, 5.41) is 0. The van der Waals surface area contributed by atoms with Crippen LogP contribution in [-0.4, -0.2) is 6.54 Å². The predicted molar refractivity (Wildman–Crippen MR) is 69.4 cm³/mol. The van der Waals surface area contributed by atoms with Gasteiger partial charge in [-0.15, -0.1) is 0 Å². The molecule has 0 spiro atoms. The fraction of sp³-hybridized carbons (Fsp3) is 0.200. The second-order valence-corrected chi connectivity index (χ2v) is 4.01. The van der Waals surface area contributed by atoms with Crippen molar-refractivity contribution in [1.82, 2.24) is 0 Å². The molecule has 0 unspecified atom stereocenters. The van der Waals surface area contributed by atoms with Crippen LogP contribution >= 0.6 is 0 Å². The van der Waals surface area contributed by atoms with Crippen LogP contribution in [0.25, 0.3) is 11.1 Å². The minimum atomic E-state index is 0.697. The molecule has 0 aliphatic heterocycles. The molecule has 2 aromatic carbocycles. The topological polar surface area (TPSA) is 26.0 Å². The van der Waals surface area contributed by atoms with Gasteiger partial charge in [0.05, 0.1) is 0 Å². The van der Waals surface area contributed by atoms with Gasteiger partial charge in [-0.3, -0.25) is 0 Å². The van der Waals surface area contributed by atoms with E-state index in [0.717, 1.165) is 6.42 Å². The average Bonchev–Trinajstić information content (AvgIpc) is 2.31. The van der Waals surface area contributed by atoms with Gasteiger partial charge in [0, 0.05) is 0 Å². The molecule has 0 radical (unpaired) electrons. The Kier molecular flexibility index (Phi) is 3.37. The van der Waals surface area contributed by atoms with Crippen LogP contribution in [0.1, 0.15) is 11.1 Å². The van der Waals surface area contributed by atoms with E-state index in [0.29, 0.717) is 6.54 Å². The fourth-order valence-corrected chi connectivity index (χ4v) is 2.03. The van der Waals surface area contributed by atoms with Crippen LogP contribution < -0.4 is 5.73 Å². The van der Waals surface area contributed by atoms with Crippen LogP contribution in [0, 0.1) is 6.92 Å². The van der Waals surface area contributed by atoms with Gasteiger partial charge < -0.3 is 5.73 Å². The van der Waals surface area contributed by atoms with E-state index >= 15 is 0 Å². The van der Waals surface area contributed by atoms with Gasteiger partial charge >= 0.3 is 0 Å². The van der Waals surface area contributed by atoms with Crippen LogP contribution in [0.2, 0.25) is 0 Å². The summed E-state index contributed by atoms with van der Waals surface area (Å²) < 4.78 is 0. The van der Waals surface area contributed by atoms with Crippen molar-refractivity contribution in [2.45, 2.75) is 13.3 Å². The highest BCUT2D eigenvalue weighted by molar-refractivity contribution is 5.70. The van der Waals surface area contributed by atoms with E-state index < -0.39 is 0 Å². The van der Waals surface area contributed by atoms with E-state index in [4.69, 9.17) is 5.73 Å². The average molecular weight is 211 g/mol. The molecular weight excluding hydrogens is 194 g/mol. The fourth-order valence-electron chi connectivity index (χ4n) is 2.03. The van der Waals surface area contributed by atoms with Crippen molar-refractivity contribution in [2.24, 2.45) is 5.73 Å². The lowest BCUT2D eigenvalue weighted by Crippen LogP contribution is -2.04. The van der Waals surface area contributed by atoms with Gasteiger partial charge in [-0.2, -0.15) is 0 Å². The highest BCUT2D eigenvalue weighted by Gasteiger charge is 2.05. The van der Waals surface area contributed by atoms with E-state index in [1.54, 1.807) is 0 Å². The third kappa shape index (κ3) is 2.15. The first-order valence-corrected chi connectivity index (χ1v) is 5.67. The maximum Gasteiger partial charge on any atom is -0.00365 e. The normalized spacial score (nSPS) is 10.4. The molecule has 0 bridgehead atoms. The maximum atomic E-state index is 5.65. The summed E-state index contributed by atoms with van der Waals surface area (Å²) in [5.41, 5.74) is 10.9. The molecule has 0 aliphatic rings. The highest BCUT2D eigenvalue weighted by atomic mass is 14.5. The van der Waals surface area contributed by atoms with E-state index in [1.165, 1.54) is 22.3 Å². The predicted octanol–water partition coefficient (Wildman–Crippen LogP) is 3.16. The molecule has 0 saturated heterocycles. The Balaban J connectivity index is 2.51. The van der Waals surface area contributed by atoms with Crippen LogP contribution in [0.4, 0.5) is 0 Å². The smallest absolute Gasteiger partial charge is 0.00365 e. The van der Waals surface area contributed by atoms with Gasteiger partial charge in [0.15, 0.2) is 0 Å². The van der Waals surface area contributed by atoms with Crippen molar-refractivity contribution in [3.8, 4) is 11.1 Å². The summed E-state index contributed by atoms with van der Waals surface area (Å²) in [5.74, 6) is 0. The van der Waals surface area contributed by atoms with Crippen LogP contribution in [0.3, 0.4) is 0 Å². The Morgan fingerprint density at radius 3 is 2.19 bits per heavy atom. The Morgan fingerprint density at radius 1 is 0.875 bits per heavy atom. The van der Waals surface area contributed by atoms with Crippen molar-refractivity contribution >= 4 is 0 Å². The van der Waals surface area contributed by atoms with Crippen molar-refractivity contribution in [3.63, 3.8) is 0 Å². The number of benzene rings is 2. The van der Waals surface area contributed by atoms with Crippen molar-refractivity contribution in [1.29, 1.82) is 0 Å². The van der Waals surface area contributed by atoms with Gasteiger partial charge in [0.2, 0.25) is 0 Å². The first-order valence-electron chi connectivity index (χ1n) is 5.67. The summed E-state index contributed by atoms with van der Waals surface area (Å²) in [4.78, 5) is 0. The molecule has 0 amide bonds. The second-order valence-electron chi connectivity index (χ2n) is 4.01. The molecule has 0 aliphatic carbocycles. The highest BCUT2D eigenvalue weighted by Crippen LogP contribution is 2.26. The summed E-state index contributed by atoms with van der Waals surface area (Å²) in [6, 6.07) is 17.0. The van der Waals surface area contributed by atoms with Crippen molar-refractivity contribution < 1.29 is 0 Å². The Hall–Kier alpha value is -1.60. The molecule has 82 valence electrons. The molecule has 2 rings (SSSR count). The Bertz CT molecular complexity index is 474. The summed E-state index contributed by atoms with van der Waals surface area (Å²) >= 11 is 0. The zero-order valence-corrected chi connectivity index (χ0v) is 9.61. The van der Waals surface area contributed by atoms with E-state index in [1.807, 2.05) is 0 Å². The SMILES string of the molecule is Cc1ccccc1-c1ccccc1CCN. The maximum absolute atomic E-state index is 5.65. The van der Waals surface area contributed by atoms with Gasteiger partial charge in [0.1, 0.15) is 0 Å². The van der Waals surface area contributed by atoms with Crippen molar-refractivity contribution in [3.05, 3.63) is 59.7 Å². The molecule has 0 heterocycles. The minimum Gasteiger partial charge on any atom is -0.330 e. The van der Waals surface area contributed by atoms with E-state index in [2.05, 4.69) is 55.5 Å². The third-order valence-corrected chi connectivity index (χ3v) is 2.87. The van der Waals surface area contributed by atoms with Gasteiger partial charge in [-0.1, -0.05) is 48.5 Å².